The number of carbonyl (C=O) groups is 1. The Morgan fingerprint density at radius 2 is 1.89 bits per heavy atom. The third-order valence-electron chi connectivity index (χ3n) is 4.90. The number of rotatable bonds is 5. The molecule has 1 amide bonds. The number of methoxy groups -OCH3 is 1. The molecule has 28 heavy (non-hydrogen) atoms. The standard InChI is InChI=1S/C22H26ClNO4/c1-14-11-18(5-6-20(14)23)28-13-19-12-24(7-8-27-19)22(25)17-9-15(2)21(26-4)16(3)10-17/h5-6,9-11,19H,7-8,12-13H2,1-4H3. The lowest BCUT2D eigenvalue weighted by atomic mass is 10.0. The fourth-order valence-electron chi connectivity index (χ4n) is 3.48. The van der Waals surface area contributed by atoms with Gasteiger partial charge in [-0.3, -0.25) is 4.79 Å². The molecule has 1 saturated heterocycles. The molecule has 1 aliphatic rings. The zero-order valence-corrected chi connectivity index (χ0v) is 17.5. The van der Waals surface area contributed by atoms with Crippen LogP contribution in [0.2, 0.25) is 5.02 Å². The fraction of sp³-hybridized carbons (Fsp3) is 0.409. The molecule has 2 aromatic carbocycles. The number of halogens is 1. The molecule has 0 bridgehead atoms. The van der Waals surface area contributed by atoms with Crippen molar-refractivity contribution in [3.05, 3.63) is 57.6 Å². The SMILES string of the molecule is COc1c(C)cc(C(=O)N2CCOC(COc3ccc(Cl)c(C)c3)C2)cc1C. The summed E-state index contributed by atoms with van der Waals surface area (Å²) in [5.74, 6) is 1.57. The van der Waals surface area contributed by atoms with E-state index in [1.54, 1.807) is 7.11 Å². The second-order valence-corrected chi connectivity index (χ2v) is 7.52. The summed E-state index contributed by atoms with van der Waals surface area (Å²) in [4.78, 5) is 14.8. The minimum atomic E-state index is -0.172. The monoisotopic (exact) mass is 403 g/mol. The second kappa shape index (κ2) is 8.84. The van der Waals surface area contributed by atoms with Crippen LogP contribution in [0.15, 0.2) is 30.3 Å². The van der Waals surface area contributed by atoms with Crippen molar-refractivity contribution >= 4 is 17.5 Å². The number of ether oxygens (including phenoxy) is 3. The summed E-state index contributed by atoms with van der Waals surface area (Å²) < 4.78 is 17.0. The van der Waals surface area contributed by atoms with Gasteiger partial charge in [-0.1, -0.05) is 11.6 Å². The first kappa shape index (κ1) is 20.5. The van der Waals surface area contributed by atoms with Gasteiger partial charge in [-0.2, -0.15) is 0 Å². The van der Waals surface area contributed by atoms with Gasteiger partial charge in [0.1, 0.15) is 24.2 Å². The summed E-state index contributed by atoms with van der Waals surface area (Å²) in [5, 5.41) is 0.711. The van der Waals surface area contributed by atoms with Crippen molar-refractivity contribution < 1.29 is 19.0 Å². The van der Waals surface area contributed by atoms with Crippen LogP contribution in [-0.2, 0) is 4.74 Å². The van der Waals surface area contributed by atoms with Gasteiger partial charge in [0, 0.05) is 17.1 Å². The lowest BCUT2D eigenvalue weighted by Gasteiger charge is -2.33. The van der Waals surface area contributed by atoms with Crippen molar-refractivity contribution in [1.82, 2.24) is 4.90 Å². The third kappa shape index (κ3) is 4.59. The summed E-state index contributed by atoms with van der Waals surface area (Å²) in [6.07, 6.45) is -0.172. The van der Waals surface area contributed by atoms with Gasteiger partial charge in [0.05, 0.1) is 20.3 Å². The summed E-state index contributed by atoms with van der Waals surface area (Å²) in [6, 6.07) is 9.32. The Balaban J connectivity index is 1.64. The summed E-state index contributed by atoms with van der Waals surface area (Å²) in [5.41, 5.74) is 3.55. The molecular weight excluding hydrogens is 378 g/mol. The van der Waals surface area contributed by atoms with E-state index in [9.17, 15) is 4.79 Å². The number of hydrogen-bond acceptors (Lipinski definition) is 4. The number of nitrogens with zero attached hydrogens (tertiary/aromatic N) is 1. The molecule has 1 heterocycles. The van der Waals surface area contributed by atoms with Crippen LogP contribution in [0.1, 0.15) is 27.0 Å². The van der Waals surface area contributed by atoms with Gasteiger partial charge in [-0.05, 0) is 67.8 Å². The normalized spacial score (nSPS) is 16.8. The lowest BCUT2D eigenvalue weighted by Crippen LogP contribution is -2.47. The van der Waals surface area contributed by atoms with E-state index in [-0.39, 0.29) is 12.0 Å². The smallest absolute Gasteiger partial charge is 0.254 e. The molecule has 1 aliphatic heterocycles. The molecule has 0 saturated carbocycles. The minimum absolute atomic E-state index is 0.00416. The minimum Gasteiger partial charge on any atom is -0.496 e. The van der Waals surface area contributed by atoms with Crippen molar-refractivity contribution in [3.63, 3.8) is 0 Å². The average Bonchev–Trinajstić information content (AvgIpc) is 2.68. The summed E-state index contributed by atoms with van der Waals surface area (Å²) >= 11 is 6.05. The van der Waals surface area contributed by atoms with Crippen molar-refractivity contribution in [2.45, 2.75) is 26.9 Å². The number of carbonyl (C=O) groups excluding carboxylic acids is 1. The molecule has 6 heteroatoms. The van der Waals surface area contributed by atoms with Crippen LogP contribution in [0.25, 0.3) is 0 Å². The molecular formula is C22H26ClNO4. The molecule has 0 spiro atoms. The highest BCUT2D eigenvalue weighted by Gasteiger charge is 2.26. The molecule has 1 atom stereocenters. The van der Waals surface area contributed by atoms with E-state index >= 15 is 0 Å². The van der Waals surface area contributed by atoms with E-state index in [1.807, 2.05) is 56.0 Å². The van der Waals surface area contributed by atoms with Crippen LogP contribution >= 0.6 is 11.6 Å². The number of aryl methyl sites for hydroxylation is 3. The first-order valence-electron chi connectivity index (χ1n) is 9.34. The Morgan fingerprint density at radius 1 is 1.18 bits per heavy atom. The molecule has 150 valence electrons. The Morgan fingerprint density at radius 3 is 2.54 bits per heavy atom. The highest BCUT2D eigenvalue weighted by Crippen LogP contribution is 2.26. The Kier molecular flexibility index (Phi) is 6.47. The van der Waals surface area contributed by atoms with Gasteiger partial charge in [-0.25, -0.2) is 0 Å². The molecule has 0 aliphatic carbocycles. The van der Waals surface area contributed by atoms with Crippen LogP contribution in [-0.4, -0.2) is 50.3 Å². The highest BCUT2D eigenvalue weighted by molar-refractivity contribution is 6.31. The van der Waals surface area contributed by atoms with Crippen molar-refractivity contribution in [3.8, 4) is 11.5 Å². The van der Waals surface area contributed by atoms with E-state index < -0.39 is 0 Å². The van der Waals surface area contributed by atoms with Gasteiger partial charge >= 0.3 is 0 Å². The maximum absolute atomic E-state index is 13.0. The first-order chi connectivity index (χ1) is 13.4. The number of benzene rings is 2. The molecule has 0 radical (unpaired) electrons. The van der Waals surface area contributed by atoms with Gasteiger partial charge in [0.2, 0.25) is 0 Å². The molecule has 1 unspecified atom stereocenters. The summed E-state index contributed by atoms with van der Waals surface area (Å²) in [6.45, 7) is 7.78. The quantitative estimate of drug-likeness (QED) is 0.750. The second-order valence-electron chi connectivity index (χ2n) is 7.11. The fourth-order valence-corrected chi connectivity index (χ4v) is 3.60. The molecule has 0 aromatic heterocycles. The van der Waals surface area contributed by atoms with Crippen LogP contribution < -0.4 is 9.47 Å². The van der Waals surface area contributed by atoms with Gasteiger partial charge in [0.15, 0.2) is 0 Å². The van der Waals surface area contributed by atoms with Crippen LogP contribution in [0.5, 0.6) is 11.5 Å². The molecule has 5 nitrogen and oxygen atoms in total. The molecule has 1 fully saturated rings. The van der Waals surface area contributed by atoms with E-state index in [2.05, 4.69) is 0 Å². The molecule has 2 aromatic rings. The van der Waals surface area contributed by atoms with Crippen LogP contribution in [0.4, 0.5) is 0 Å². The lowest BCUT2D eigenvalue weighted by molar-refractivity contribution is -0.0401. The Hall–Kier alpha value is -2.24. The highest BCUT2D eigenvalue weighted by atomic mass is 35.5. The molecule has 0 N–H and O–H groups in total. The number of amides is 1. The van der Waals surface area contributed by atoms with Crippen LogP contribution in [0, 0.1) is 20.8 Å². The maximum atomic E-state index is 13.0. The van der Waals surface area contributed by atoms with E-state index in [0.29, 0.717) is 36.9 Å². The van der Waals surface area contributed by atoms with E-state index in [0.717, 1.165) is 28.2 Å². The van der Waals surface area contributed by atoms with Crippen molar-refractivity contribution in [1.29, 1.82) is 0 Å². The molecule has 3 rings (SSSR count). The number of morpholine rings is 1. The van der Waals surface area contributed by atoms with Gasteiger partial charge in [-0.15, -0.1) is 0 Å². The predicted molar refractivity (Wildman–Crippen MR) is 110 cm³/mol. The van der Waals surface area contributed by atoms with Crippen LogP contribution in [0.3, 0.4) is 0 Å². The topological polar surface area (TPSA) is 48.0 Å². The Labute approximate surface area is 171 Å². The van der Waals surface area contributed by atoms with E-state index in [1.165, 1.54) is 0 Å². The predicted octanol–water partition coefficient (Wildman–Crippen LogP) is 4.19. The van der Waals surface area contributed by atoms with Gasteiger partial charge in [0.25, 0.3) is 5.91 Å². The van der Waals surface area contributed by atoms with Crippen molar-refractivity contribution in [2.24, 2.45) is 0 Å². The zero-order chi connectivity index (χ0) is 20.3. The number of hydrogen-bond donors (Lipinski definition) is 0. The maximum Gasteiger partial charge on any atom is 0.254 e. The third-order valence-corrected chi connectivity index (χ3v) is 5.33. The Bertz CT molecular complexity index is 845. The van der Waals surface area contributed by atoms with Crippen molar-refractivity contribution in [2.75, 3.05) is 33.4 Å². The zero-order valence-electron chi connectivity index (χ0n) is 16.8. The summed E-state index contributed by atoms with van der Waals surface area (Å²) in [7, 11) is 1.64. The average molecular weight is 404 g/mol. The first-order valence-corrected chi connectivity index (χ1v) is 9.72. The van der Waals surface area contributed by atoms with E-state index in [4.69, 9.17) is 25.8 Å². The largest absolute Gasteiger partial charge is 0.496 e. The van der Waals surface area contributed by atoms with Gasteiger partial charge < -0.3 is 19.1 Å².